The van der Waals surface area contributed by atoms with Crippen LogP contribution in [0.25, 0.3) is 0 Å². The van der Waals surface area contributed by atoms with Crippen molar-refractivity contribution >= 4 is 0 Å². The zero-order valence-corrected chi connectivity index (χ0v) is 11.5. The summed E-state index contributed by atoms with van der Waals surface area (Å²) in [5.74, 6) is -0.281. The number of rotatable bonds is 6. The zero-order valence-electron chi connectivity index (χ0n) is 11.5. The van der Waals surface area contributed by atoms with Crippen molar-refractivity contribution in [3.63, 3.8) is 0 Å². The second-order valence-corrected chi connectivity index (χ2v) is 4.70. The predicted molar refractivity (Wildman–Crippen MR) is 76.7 cm³/mol. The molecule has 0 amide bonds. The summed E-state index contributed by atoms with van der Waals surface area (Å²) in [6.45, 7) is 2.10. The second-order valence-electron chi connectivity index (χ2n) is 4.70. The van der Waals surface area contributed by atoms with Crippen LogP contribution in [0.4, 0.5) is 4.39 Å². The van der Waals surface area contributed by atoms with Crippen LogP contribution in [0.3, 0.4) is 0 Å². The molecule has 2 aromatic rings. The summed E-state index contributed by atoms with van der Waals surface area (Å²) in [7, 11) is 0. The molecule has 0 bridgehead atoms. The van der Waals surface area contributed by atoms with Gasteiger partial charge in [-0.05, 0) is 18.1 Å². The highest BCUT2D eigenvalue weighted by atomic mass is 19.1. The van der Waals surface area contributed by atoms with E-state index in [1.54, 1.807) is 18.2 Å². The molecule has 20 heavy (non-hydrogen) atoms. The predicted octanol–water partition coefficient (Wildman–Crippen LogP) is 3.85. The third kappa shape index (κ3) is 3.65. The van der Waals surface area contributed by atoms with Gasteiger partial charge in [-0.15, -0.1) is 0 Å². The molecule has 0 aromatic heterocycles. The van der Waals surface area contributed by atoms with Gasteiger partial charge in [0, 0.05) is 5.56 Å². The Morgan fingerprint density at radius 1 is 1.05 bits per heavy atom. The summed E-state index contributed by atoms with van der Waals surface area (Å²) in [6, 6.07) is 15.9. The Balaban J connectivity index is 2.01. The molecule has 0 aliphatic carbocycles. The molecule has 0 radical (unpaired) electrons. The summed E-state index contributed by atoms with van der Waals surface area (Å²) in [5.41, 5.74) is 1.32. The highest BCUT2D eigenvalue weighted by molar-refractivity contribution is 5.19. The summed E-state index contributed by atoms with van der Waals surface area (Å²) in [6.07, 6.45) is -0.394. The minimum absolute atomic E-state index is 0.162. The van der Waals surface area contributed by atoms with E-state index in [1.165, 1.54) is 6.07 Å². The lowest BCUT2D eigenvalue weighted by molar-refractivity contribution is -0.0496. The first kappa shape index (κ1) is 14.7. The molecule has 0 saturated carbocycles. The van der Waals surface area contributed by atoms with Crippen molar-refractivity contribution < 1.29 is 14.2 Å². The van der Waals surface area contributed by atoms with Crippen LogP contribution in [0.5, 0.6) is 0 Å². The molecular weight excluding hydrogens is 255 g/mol. The first-order valence-corrected chi connectivity index (χ1v) is 6.80. The fraction of sp³-hybridized carbons (Fsp3) is 0.294. The zero-order chi connectivity index (χ0) is 14.4. The summed E-state index contributed by atoms with van der Waals surface area (Å²) < 4.78 is 19.2. The van der Waals surface area contributed by atoms with Gasteiger partial charge in [-0.2, -0.15) is 0 Å². The van der Waals surface area contributed by atoms with Crippen molar-refractivity contribution in [1.82, 2.24) is 0 Å². The molecule has 2 rings (SSSR count). The lowest BCUT2D eigenvalue weighted by Gasteiger charge is -2.22. The lowest BCUT2D eigenvalue weighted by Crippen LogP contribution is -2.21. The number of hydrogen-bond donors (Lipinski definition) is 1. The number of aliphatic hydroxyl groups excluding tert-OH is 1. The molecule has 2 aromatic carbocycles. The van der Waals surface area contributed by atoms with Crippen LogP contribution in [0.1, 0.15) is 30.6 Å². The molecule has 0 aliphatic rings. The Bertz CT molecular complexity index is 528. The van der Waals surface area contributed by atoms with E-state index in [0.717, 1.165) is 5.56 Å². The van der Waals surface area contributed by atoms with Crippen LogP contribution >= 0.6 is 0 Å². The number of halogens is 1. The molecule has 106 valence electrons. The average Bonchev–Trinajstić information content (AvgIpc) is 2.50. The minimum Gasteiger partial charge on any atom is -0.386 e. The molecule has 0 fully saturated rings. The molecule has 0 heterocycles. The van der Waals surface area contributed by atoms with Crippen LogP contribution in [-0.2, 0) is 11.3 Å². The maximum atomic E-state index is 13.5. The summed E-state index contributed by atoms with van der Waals surface area (Å²) in [5, 5.41) is 10.3. The molecule has 0 saturated heterocycles. The molecule has 0 aliphatic heterocycles. The van der Waals surface area contributed by atoms with E-state index in [2.05, 4.69) is 0 Å². The number of benzene rings is 2. The van der Waals surface area contributed by atoms with E-state index in [-0.39, 0.29) is 18.5 Å². The van der Waals surface area contributed by atoms with E-state index in [9.17, 15) is 9.50 Å². The van der Waals surface area contributed by atoms with Crippen LogP contribution in [-0.4, -0.2) is 11.2 Å². The number of aliphatic hydroxyl groups is 1. The largest absolute Gasteiger partial charge is 0.386 e. The highest BCUT2D eigenvalue weighted by Crippen LogP contribution is 2.22. The van der Waals surface area contributed by atoms with Crippen molar-refractivity contribution in [3.8, 4) is 0 Å². The first-order valence-electron chi connectivity index (χ1n) is 6.80. The maximum absolute atomic E-state index is 13.5. The fourth-order valence-corrected chi connectivity index (χ4v) is 2.11. The van der Waals surface area contributed by atoms with E-state index < -0.39 is 6.10 Å². The number of ether oxygens (including phenoxy) is 1. The first-order chi connectivity index (χ1) is 9.72. The van der Waals surface area contributed by atoms with E-state index >= 15 is 0 Å². The Labute approximate surface area is 118 Å². The minimum atomic E-state index is -0.701. The van der Waals surface area contributed by atoms with Crippen LogP contribution in [0.2, 0.25) is 0 Å². The lowest BCUT2D eigenvalue weighted by atomic mass is 10.0. The van der Waals surface area contributed by atoms with Gasteiger partial charge in [-0.3, -0.25) is 0 Å². The van der Waals surface area contributed by atoms with Gasteiger partial charge in [-0.25, -0.2) is 4.39 Å². The normalized spacial score (nSPS) is 13.9. The Morgan fingerprint density at radius 2 is 1.70 bits per heavy atom. The SMILES string of the molecule is CCC(OCc1ccccc1F)C(O)c1ccccc1. The third-order valence-corrected chi connectivity index (χ3v) is 3.31. The van der Waals surface area contributed by atoms with Crippen molar-refractivity contribution in [3.05, 3.63) is 71.5 Å². The van der Waals surface area contributed by atoms with Crippen LogP contribution < -0.4 is 0 Å². The highest BCUT2D eigenvalue weighted by Gasteiger charge is 2.20. The van der Waals surface area contributed by atoms with Crippen molar-refractivity contribution in [2.45, 2.75) is 32.2 Å². The van der Waals surface area contributed by atoms with Gasteiger partial charge in [-0.1, -0.05) is 55.5 Å². The van der Waals surface area contributed by atoms with Crippen LogP contribution in [0, 0.1) is 5.82 Å². The molecule has 1 N–H and O–H groups in total. The van der Waals surface area contributed by atoms with Gasteiger partial charge < -0.3 is 9.84 Å². The van der Waals surface area contributed by atoms with Gasteiger partial charge in [0.25, 0.3) is 0 Å². The molecule has 3 heteroatoms. The Hall–Kier alpha value is -1.71. The Morgan fingerprint density at radius 3 is 2.35 bits per heavy atom. The molecular formula is C17H19FO2. The monoisotopic (exact) mass is 274 g/mol. The Kier molecular flexibility index (Phi) is 5.27. The van der Waals surface area contributed by atoms with Crippen molar-refractivity contribution in [1.29, 1.82) is 0 Å². The van der Waals surface area contributed by atoms with E-state index in [4.69, 9.17) is 4.74 Å². The average molecular weight is 274 g/mol. The van der Waals surface area contributed by atoms with Gasteiger partial charge in [0.2, 0.25) is 0 Å². The van der Waals surface area contributed by atoms with Crippen molar-refractivity contribution in [2.75, 3.05) is 0 Å². The molecule has 0 spiro atoms. The van der Waals surface area contributed by atoms with Crippen molar-refractivity contribution in [2.24, 2.45) is 0 Å². The topological polar surface area (TPSA) is 29.5 Å². The molecule has 2 atom stereocenters. The fourth-order valence-electron chi connectivity index (χ4n) is 2.11. The molecule has 2 nitrogen and oxygen atoms in total. The molecule has 2 unspecified atom stereocenters. The van der Waals surface area contributed by atoms with Gasteiger partial charge in [0.1, 0.15) is 11.9 Å². The summed E-state index contributed by atoms with van der Waals surface area (Å²) >= 11 is 0. The standard InChI is InChI=1S/C17H19FO2/c1-2-16(17(19)13-8-4-3-5-9-13)20-12-14-10-6-7-11-15(14)18/h3-11,16-17,19H,2,12H2,1H3. The second kappa shape index (κ2) is 7.17. The van der Waals surface area contributed by atoms with E-state index in [1.807, 2.05) is 37.3 Å². The maximum Gasteiger partial charge on any atom is 0.128 e. The quantitative estimate of drug-likeness (QED) is 0.867. The van der Waals surface area contributed by atoms with Crippen LogP contribution in [0.15, 0.2) is 54.6 Å². The van der Waals surface area contributed by atoms with Gasteiger partial charge in [0.15, 0.2) is 0 Å². The number of hydrogen-bond acceptors (Lipinski definition) is 2. The van der Waals surface area contributed by atoms with E-state index in [0.29, 0.717) is 12.0 Å². The summed E-state index contributed by atoms with van der Waals surface area (Å²) in [4.78, 5) is 0. The smallest absolute Gasteiger partial charge is 0.128 e. The van der Waals surface area contributed by atoms with Gasteiger partial charge in [0.05, 0.1) is 12.7 Å². The third-order valence-electron chi connectivity index (χ3n) is 3.31. The van der Waals surface area contributed by atoms with Gasteiger partial charge >= 0.3 is 0 Å².